The molecule has 3 heterocycles. The van der Waals surface area contributed by atoms with Gasteiger partial charge in [0.2, 0.25) is 0 Å². The van der Waals surface area contributed by atoms with E-state index in [1.54, 1.807) is 66.6 Å². The summed E-state index contributed by atoms with van der Waals surface area (Å²) in [5, 5.41) is 12.7. The minimum absolute atomic E-state index is 0.0926. The van der Waals surface area contributed by atoms with Crippen molar-refractivity contribution in [1.29, 1.82) is 0 Å². The maximum Gasteiger partial charge on any atom is 0.339 e. The number of nitrogens with two attached hydrogens (primary N) is 1. The summed E-state index contributed by atoms with van der Waals surface area (Å²) in [6.45, 7) is 2.61. The first-order valence-corrected chi connectivity index (χ1v) is 15.2. The number of hydroxylamine groups is 3. The molecule has 1 unspecified atom stereocenters. The van der Waals surface area contributed by atoms with E-state index in [9.17, 15) is 19.2 Å². The molecule has 2 aliphatic rings. The standard InChI is InChI=1S/C34H32FN7O5/c1-21-17-26(47-25-6-3-5-22(35)18-25)11-12-27(21)41-31-32(36)37-20-38-33(31)40(34(41)44)23-8-13-29-28(19-23)39(14-16-46-29)30(43)7-4-15-42(2,45)24-9-10-24/h3-8,11-13,17-20,24H,9-10,14-16H2,1-2H3,(H2,36,37,38)/b7-4+. The molecule has 1 aliphatic carbocycles. The van der Waals surface area contributed by atoms with Gasteiger partial charge in [0.15, 0.2) is 11.5 Å². The van der Waals surface area contributed by atoms with Crippen LogP contribution in [0.4, 0.5) is 15.9 Å². The van der Waals surface area contributed by atoms with Gasteiger partial charge in [0.05, 0.1) is 43.2 Å². The number of ether oxygens (including phenoxy) is 2. The number of anilines is 2. The summed E-state index contributed by atoms with van der Waals surface area (Å²) < 4.78 is 27.8. The smallest absolute Gasteiger partial charge is 0.339 e. The van der Waals surface area contributed by atoms with Crippen LogP contribution in [0.2, 0.25) is 0 Å². The van der Waals surface area contributed by atoms with Crippen LogP contribution in [-0.2, 0) is 4.79 Å². The lowest BCUT2D eigenvalue weighted by Crippen LogP contribution is -2.40. The van der Waals surface area contributed by atoms with Gasteiger partial charge in [-0.15, -0.1) is 0 Å². The number of halogens is 1. The van der Waals surface area contributed by atoms with Crippen LogP contribution in [0.5, 0.6) is 17.2 Å². The van der Waals surface area contributed by atoms with Gasteiger partial charge in [-0.1, -0.05) is 6.07 Å². The zero-order chi connectivity index (χ0) is 32.9. The van der Waals surface area contributed by atoms with E-state index >= 15 is 0 Å². The third kappa shape index (κ3) is 5.70. The fraction of sp³-hybridized carbons (Fsp3) is 0.235. The number of likely N-dealkylation sites (N-methyl/N-ethyl adjacent to an activating group) is 1. The normalized spacial score (nSPS) is 15.8. The van der Waals surface area contributed by atoms with Crippen LogP contribution in [-0.4, -0.2) is 62.4 Å². The molecule has 1 saturated carbocycles. The molecule has 3 aromatic carbocycles. The lowest BCUT2D eigenvalue weighted by atomic mass is 10.2. The predicted molar refractivity (Wildman–Crippen MR) is 175 cm³/mol. The van der Waals surface area contributed by atoms with Gasteiger partial charge in [-0.3, -0.25) is 9.36 Å². The molecule has 0 spiro atoms. The van der Waals surface area contributed by atoms with Gasteiger partial charge >= 0.3 is 5.69 Å². The quantitative estimate of drug-likeness (QED) is 0.146. The molecule has 2 aromatic heterocycles. The number of carbonyl (C=O) groups excluding carboxylic acids is 1. The van der Waals surface area contributed by atoms with Crippen molar-refractivity contribution < 1.29 is 23.3 Å². The molecule has 1 aliphatic heterocycles. The van der Waals surface area contributed by atoms with Gasteiger partial charge in [-0.05, 0) is 67.1 Å². The molecule has 2 N–H and O–H groups in total. The van der Waals surface area contributed by atoms with Crippen LogP contribution < -0.4 is 25.8 Å². The van der Waals surface area contributed by atoms with E-state index in [0.29, 0.717) is 58.5 Å². The molecule has 1 atom stereocenters. The van der Waals surface area contributed by atoms with Crippen LogP contribution in [0.15, 0.2) is 83.9 Å². The van der Waals surface area contributed by atoms with Crippen molar-refractivity contribution in [3.63, 3.8) is 0 Å². The van der Waals surface area contributed by atoms with Gasteiger partial charge in [0.1, 0.15) is 41.5 Å². The Balaban J connectivity index is 1.26. The summed E-state index contributed by atoms with van der Waals surface area (Å²) in [6.07, 6.45) is 6.15. The summed E-state index contributed by atoms with van der Waals surface area (Å²) in [5.41, 5.74) is 8.56. The number of aryl methyl sites for hydroxylation is 1. The van der Waals surface area contributed by atoms with Crippen LogP contribution in [0.25, 0.3) is 22.5 Å². The summed E-state index contributed by atoms with van der Waals surface area (Å²) in [4.78, 5) is 37.7. The Hall–Kier alpha value is -5.53. The number of benzene rings is 3. The van der Waals surface area contributed by atoms with Crippen molar-refractivity contribution in [2.24, 2.45) is 0 Å². The van der Waals surface area contributed by atoms with E-state index < -0.39 is 16.2 Å². The minimum Gasteiger partial charge on any atom is -0.633 e. The highest BCUT2D eigenvalue weighted by Crippen LogP contribution is 2.36. The van der Waals surface area contributed by atoms with Crippen LogP contribution in [0.3, 0.4) is 0 Å². The second-order valence-corrected chi connectivity index (χ2v) is 11.9. The molecule has 1 amide bonds. The maximum atomic E-state index is 14.3. The monoisotopic (exact) mass is 637 g/mol. The van der Waals surface area contributed by atoms with Crippen LogP contribution in [0, 0.1) is 17.9 Å². The third-order valence-corrected chi connectivity index (χ3v) is 8.47. The molecule has 13 heteroatoms. The Morgan fingerprint density at radius 3 is 2.68 bits per heavy atom. The fourth-order valence-corrected chi connectivity index (χ4v) is 5.91. The van der Waals surface area contributed by atoms with Gasteiger partial charge in [-0.2, -0.15) is 0 Å². The first-order chi connectivity index (χ1) is 22.6. The number of nitrogen functional groups attached to an aromatic ring is 1. The first-order valence-electron chi connectivity index (χ1n) is 15.2. The number of hydrogen-bond acceptors (Lipinski definition) is 8. The summed E-state index contributed by atoms with van der Waals surface area (Å²) in [7, 11) is 1.63. The highest BCUT2D eigenvalue weighted by molar-refractivity contribution is 6.03. The highest BCUT2D eigenvalue weighted by Gasteiger charge is 2.34. The Bertz CT molecular complexity index is 2120. The average Bonchev–Trinajstić information content (AvgIpc) is 3.86. The number of fused-ring (bicyclic) bond motifs is 2. The number of imidazole rings is 1. The zero-order valence-corrected chi connectivity index (χ0v) is 25.8. The fourth-order valence-electron chi connectivity index (χ4n) is 5.91. The van der Waals surface area contributed by atoms with Crippen LogP contribution in [0.1, 0.15) is 18.4 Å². The highest BCUT2D eigenvalue weighted by atomic mass is 19.1. The SMILES string of the molecule is Cc1cc(Oc2cccc(F)c2)ccc1-n1c(=O)n(-c2ccc3c(c2)N(C(=O)/C=C/C[N+](C)([O-])C2CC2)CCO3)c2ncnc(N)c21. The molecule has 0 saturated heterocycles. The Morgan fingerprint density at radius 2 is 1.91 bits per heavy atom. The average molecular weight is 638 g/mol. The van der Waals surface area contributed by atoms with Crippen molar-refractivity contribution >= 4 is 28.6 Å². The lowest BCUT2D eigenvalue weighted by molar-refractivity contribution is -0.865. The lowest BCUT2D eigenvalue weighted by Gasteiger charge is -2.38. The second kappa shape index (κ2) is 11.7. The molecular weight excluding hydrogens is 605 g/mol. The Morgan fingerprint density at radius 1 is 1.11 bits per heavy atom. The van der Waals surface area contributed by atoms with Gasteiger partial charge in [-0.25, -0.2) is 23.7 Å². The van der Waals surface area contributed by atoms with Crippen molar-refractivity contribution in [3.05, 3.63) is 106 Å². The molecule has 12 nitrogen and oxygen atoms in total. The summed E-state index contributed by atoms with van der Waals surface area (Å²) in [6, 6.07) is 16.2. The Kier molecular flexibility index (Phi) is 7.49. The molecule has 47 heavy (non-hydrogen) atoms. The summed E-state index contributed by atoms with van der Waals surface area (Å²) in [5.74, 6) is 0.670. The van der Waals surface area contributed by atoms with Crippen molar-refractivity contribution in [2.45, 2.75) is 25.8 Å². The van der Waals surface area contributed by atoms with Gasteiger partial charge < -0.3 is 30.0 Å². The topological polar surface area (TPSA) is 141 Å². The first kappa shape index (κ1) is 30.1. The number of rotatable bonds is 8. The van der Waals surface area contributed by atoms with Gasteiger partial charge in [0.25, 0.3) is 5.91 Å². The van der Waals surface area contributed by atoms with E-state index in [-0.39, 0.29) is 30.0 Å². The number of hydrogen-bond donors (Lipinski definition) is 1. The van der Waals surface area contributed by atoms with E-state index in [1.807, 2.05) is 6.92 Å². The molecule has 0 bridgehead atoms. The number of carbonyl (C=O) groups is 1. The second-order valence-electron chi connectivity index (χ2n) is 11.9. The number of nitrogens with zero attached hydrogens (tertiary/aromatic N) is 6. The van der Waals surface area contributed by atoms with E-state index in [4.69, 9.17) is 15.2 Å². The zero-order valence-electron chi connectivity index (χ0n) is 25.8. The van der Waals surface area contributed by atoms with Crippen molar-refractivity contribution in [2.75, 3.05) is 37.4 Å². The summed E-state index contributed by atoms with van der Waals surface area (Å²) >= 11 is 0. The Labute approximate surface area is 268 Å². The van der Waals surface area contributed by atoms with Gasteiger partial charge in [0, 0.05) is 25.0 Å². The molecule has 0 radical (unpaired) electrons. The molecule has 1 fully saturated rings. The van der Waals surface area contributed by atoms with E-state index in [1.165, 1.54) is 33.7 Å². The molecule has 5 aromatic rings. The maximum absolute atomic E-state index is 14.3. The predicted octanol–water partition coefficient (Wildman–Crippen LogP) is 4.78. The van der Waals surface area contributed by atoms with E-state index in [2.05, 4.69) is 9.97 Å². The minimum atomic E-state index is -0.462. The molecule has 240 valence electrons. The van der Waals surface area contributed by atoms with Crippen LogP contribution >= 0.6 is 0 Å². The molecular formula is C34H32FN7O5. The van der Waals surface area contributed by atoms with E-state index in [0.717, 1.165) is 12.8 Å². The van der Waals surface area contributed by atoms with Crippen molar-refractivity contribution in [1.82, 2.24) is 19.1 Å². The molecule has 7 rings (SSSR count). The largest absolute Gasteiger partial charge is 0.633 e. The number of amides is 1. The van der Waals surface area contributed by atoms with Crippen molar-refractivity contribution in [3.8, 4) is 28.6 Å². The number of aromatic nitrogens is 4. The third-order valence-electron chi connectivity index (χ3n) is 8.47. The number of quaternary nitrogens is 1.